The Morgan fingerprint density at radius 2 is 1.56 bits per heavy atom. The summed E-state index contributed by atoms with van der Waals surface area (Å²) in [6.45, 7) is 7.17. The van der Waals surface area contributed by atoms with Crippen LogP contribution in [0, 0.1) is 0 Å². The largest absolute Gasteiger partial charge is 0.362 e. The van der Waals surface area contributed by atoms with Gasteiger partial charge in [-0.05, 0) is 33.7 Å². The van der Waals surface area contributed by atoms with Crippen molar-refractivity contribution in [1.82, 2.24) is 14.8 Å². The van der Waals surface area contributed by atoms with E-state index < -0.39 is 0 Å². The van der Waals surface area contributed by atoms with Gasteiger partial charge in [-0.3, -0.25) is 0 Å². The summed E-state index contributed by atoms with van der Waals surface area (Å²) in [5.74, 6) is 0. The molecule has 0 fully saturated rings. The third-order valence-electron chi connectivity index (χ3n) is 5.40. The molecule has 4 nitrogen and oxygen atoms in total. The number of hydrogen-bond donors (Lipinski definition) is 0. The van der Waals surface area contributed by atoms with Crippen LogP contribution in [0.4, 0.5) is 0 Å². The van der Waals surface area contributed by atoms with Crippen molar-refractivity contribution < 1.29 is 4.74 Å². The molecule has 162 valence electrons. The summed E-state index contributed by atoms with van der Waals surface area (Å²) < 4.78 is 8.33. The molecule has 4 heteroatoms. The Bertz CT molecular complexity index is 1130. The Morgan fingerprint density at radius 1 is 0.906 bits per heavy atom. The molecule has 0 radical (unpaired) electrons. The van der Waals surface area contributed by atoms with E-state index in [1.165, 1.54) is 5.56 Å². The van der Waals surface area contributed by atoms with E-state index >= 15 is 0 Å². The van der Waals surface area contributed by atoms with E-state index in [9.17, 15) is 0 Å². The van der Waals surface area contributed by atoms with E-state index in [0.717, 1.165) is 22.4 Å². The summed E-state index contributed by atoms with van der Waals surface area (Å²) in [5, 5.41) is 4.41. The molecule has 0 saturated carbocycles. The molecule has 0 aliphatic carbocycles. The fourth-order valence-electron chi connectivity index (χ4n) is 3.58. The molecule has 1 atom stereocenters. The van der Waals surface area contributed by atoms with E-state index in [-0.39, 0.29) is 11.5 Å². The van der Waals surface area contributed by atoms with Gasteiger partial charge in [-0.2, -0.15) is 5.10 Å². The van der Waals surface area contributed by atoms with Crippen molar-refractivity contribution in [2.45, 2.75) is 38.9 Å². The number of ether oxygens (including phenoxy) is 1. The van der Waals surface area contributed by atoms with Gasteiger partial charge in [-0.1, -0.05) is 106 Å². The van der Waals surface area contributed by atoms with Crippen molar-refractivity contribution in [2.24, 2.45) is 0 Å². The lowest BCUT2D eigenvalue weighted by atomic mass is 9.87. The van der Waals surface area contributed by atoms with Gasteiger partial charge in [-0.25, -0.2) is 9.67 Å². The van der Waals surface area contributed by atoms with Gasteiger partial charge in [0.2, 0.25) is 0 Å². The summed E-state index contributed by atoms with van der Waals surface area (Å²) in [6, 6.07) is 29.2. The monoisotopic (exact) mass is 423 g/mol. The maximum Gasteiger partial charge on any atom is 0.138 e. The molecule has 0 aliphatic heterocycles. The molecule has 1 aromatic heterocycles. The van der Waals surface area contributed by atoms with Gasteiger partial charge < -0.3 is 4.74 Å². The number of benzene rings is 3. The van der Waals surface area contributed by atoms with E-state index in [1.54, 1.807) is 17.3 Å². The average molecular weight is 424 g/mol. The SMILES string of the molecule is CC(C)(C)c1ccc(COC(/C(=C\c2ccccc2)n2cncn2)c2ccccc2)cc1. The van der Waals surface area contributed by atoms with Crippen molar-refractivity contribution in [3.8, 4) is 0 Å². The maximum atomic E-state index is 6.54. The zero-order valence-corrected chi connectivity index (χ0v) is 18.8. The van der Waals surface area contributed by atoms with Crippen LogP contribution in [0.3, 0.4) is 0 Å². The van der Waals surface area contributed by atoms with E-state index in [4.69, 9.17) is 4.74 Å². The van der Waals surface area contributed by atoms with Crippen molar-refractivity contribution in [3.63, 3.8) is 0 Å². The lowest BCUT2D eigenvalue weighted by molar-refractivity contribution is 0.0747. The van der Waals surface area contributed by atoms with Crippen LogP contribution in [0.25, 0.3) is 11.8 Å². The molecule has 4 rings (SSSR count). The average Bonchev–Trinajstić information content (AvgIpc) is 3.34. The van der Waals surface area contributed by atoms with Crippen LogP contribution in [0.1, 0.15) is 49.1 Å². The Morgan fingerprint density at radius 3 is 2.16 bits per heavy atom. The molecule has 0 amide bonds. The fraction of sp³-hybridized carbons (Fsp3) is 0.214. The van der Waals surface area contributed by atoms with E-state index in [0.29, 0.717) is 6.61 Å². The first-order valence-electron chi connectivity index (χ1n) is 10.9. The minimum absolute atomic E-state index is 0.130. The molecule has 32 heavy (non-hydrogen) atoms. The van der Waals surface area contributed by atoms with Crippen molar-refractivity contribution in [3.05, 3.63) is 120 Å². The standard InChI is InChI=1S/C28H29N3O/c1-28(2,3)25-16-14-23(15-17-25)19-32-27(24-12-8-5-9-13-24)26(31-21-29-20-30-31)18-22-10-6-4-7-11-22/h4-18,20-21,27H,19H2,1-3H3/b26-18+. The smallest absolute Gasteiger partial charge is 0.138 e. The second kappa shape index (κ2) is 9.75. The normalized spacial score (nSPS) is 13.2. The number of rotatable bonds is 7. The Kier molecular flexibility index (Phi) is 6.62. The molecule has 1 heterocycles. The highest BCUT2D eigenvalue weighted by Crippen LogP contribution is 2.32. The van der Waals surface area contributed by atoms with Gasteiger partial charge in [0.1, 0.15) is 18.8 Å². The van der Waals surface area contributed by atoms with Gasteiger partial charge in [0.15, 0.2) is 0 Å². The highest BCUT2D eigenvalue weighted by atomic mass is 16.5. The third-order valence-corrected chi connectivity index (χ3v) is 5.40. The number of hydrogen-bond acceptors (Lipinski definition) is 3. The van der Waals surface area contributed by atoms with Crippen LogP contribution >= 0.6 is 0 Å². The Balaban J connectivity index is 1.67. The summed E-state index contributed by atoms with van der Waals surface area (Å²) in [5.41, 5.74) is 5.63. The molecule has 0 bridgehead atoms. The van der Waals surface area contributed by atoms with E-state index in [1.807, 2.05) is 36.4 Å². The van der Waals surface area contributed by atoms with Crippen molar-refractivity contribution in [1.29, 1.82) is 0 Å². The second-order valence-electron chi connectivity index (χ2n) is 8.87. The minimum Gasteiger partial charge on any atom is -0.362 e. The summed E-state index contributed by atoms with van der Waals surface area (Å²) in [7, 11) is 0. The molecule has 0 spiro atoms. The highest BCUT2D eigenvalue weighted by molar-refractivity contribution is 5.73. The Hall–Kier alpha value is -3.50. The molecule has 0 saturated heterocycles. The lowest BCUT2D eigenvalue weighted by Crippen LogP contribution is -2.13. The number of nitrogens with zero attached hydrogens (tertiary/aromatic N) is 3. The van der Waals surface area contributed by atoms with Crippen molar-refractivity contribution >= 4 is 11.8 Å². The summed E-state index contributed by atoms with van der Waals surface area (Å²) in [4.78, 5) is 4.17. The van der Waals surface area contributed by atoms with Crippen LogP contribution in [0.15, 0.2) is 97.6 Å². The van der Waals surface area contributed by atoms with Gasteiger partial charge in [0, 0.05) is 0 Å². The molecule has 1 unspecified atom stereocenters. The third kappa shape index (κ3) is 5.40. The minimum atomic E-state index is -0.305. The van der Waals surface area contributed by atoms with Crippen LogP contribution in [0.5, 0.6) is 0 Å². The lowest BCUT2D eigenvalue weighted by Gasteiger charge is -2.23. The second-order valence-corrected chi connectivity index (χ2v) is 8.87. The molecule has 3 aromatic carbocycles. The van der Waals surface area contributed by atoms with Gasteiger partial charge in [0.05, 0.1) is 12.3 Å². The zero-order valence-electron chi connectivity index (χ0n) is 18.8. The molecular formula is C28H29N3O. The van der Waals surface area contributed by atoms with E-state index in [2.05, 4.69) is 85.5 Å². The maximum absolute atomic E-state index is 6.54. The van der Waals surface area contributed by atoms with Gasteiger partial charge in [-0.15, -0.1) is 0 Å². The zero-order chi connectivity index (χ0) is 22.4. The first-order chi connectivity index (χ1) is 15.5. The number of aromatic nitrogens is 3. The van der Waals surface area contributed by atoms with Gasteiger partial charge >= 0.3 is 0 Å². The molecule has 4 aromatic rings. The predicted molar refractivity (Wildman–Crippen MR) is 130 cm³/mol. The Labute approximate surface area is 190 Å². The first kappa shape index (κ1) is 21.7. The molecule has 0 N–H and O–H groups in total. The highest BCUT2D eigenvalue weighted by Gasteiger charge is 2.21. The topological polar surface area (TPSA) is 39.9 Å². The summed E-state index contributed by atoms with van der Waals surface area (Å²) >= 11 is 0. The van der Waals surface area contributed by atoms with Crippen LogP contribution in [0.2, 0.25) is 0 Å². The predicted octanol–water partition coefficient (Wildman–Crippen LogP) is 6.53. The van der Waals surface area contributed by atoms with Crippen LogP contribution < -0.4 is 0 Å². The molecular weight excluding hydrogens is 394 g/mol. The summed E-state index contributed by atoms with van der Waals surface area (Å²) in [6.07, 6.45) is 5.06. The first-order valence-corrected chi connectivity index (χ1v) is 10.9. The molecule has 0 aliphatic rings. The fourth-order valence-corrected chi connectivity index (χ4v) is 3.58. The quantitative estimate of drug-likeness (QED) is 0.339. The van der Waals surface area contributed by atoms with Crippen molar-refractivity contribution in [2.75, 3.05) is 0 Å². The van der Waals surface area contributed by atoms with Gasteiger partial charge in [0.25, 0.3) is 0 Å². The van der Waals surface area contributed by atoms with Crippen LogP contribution in [-0.2, 0) is 16.8 Å². The van der Waals surface area contributed by atoms with Crippen LogP contribution in [-0.4, -0.2) is 14.8 Å².